The van der Waals surface area contributed by atoms with Gasteiger partial charge in [-0.3, -0.25) is 14.7 Å². The largest absolute Gasteiger partial charge is 0.352 e. The molecule has 1 saturated heterocycles. The van der Waals surface area contributed by atoms with Crippen molar-refractivity contribution >= 4 is 22.7 Å². The predicted molar refractivity (Wildman–Crippen MR) is 93.7 cm³/mol. The molecule has 0 radical (unpaired) electrons. The highest BCUT2D eigenvalue weighted by Gasteiger charge is 2.33. The van der Waals surface area contributed by atoms with Crippen LogP contribution in [0.25, 0.3) is 10.9 Å². The molecule has 0 bridgehead atoms. The molecule has 2 heterocycles. The van der Waals surface area contributed by atoms with Crippen LogP contribution < -0.4 is 5.32 Å². The van der Waals surface area contributed by atoms with Gasteiger partial charge in [-0.15, -0.1) is 0 Å². The van der Waals surface area contributed by atoms with Gasteiger partial charge in [-0.05, 0) is 23.3 Å². The lowest BCUT2D eigenvalue weighted by molar-refractivity contribution is -0.143. The molecule has 0 spiro atoms. The first kappa shape index (κ1) is 15.4. The highest BCUT2D eigenvalue weighted by Crippen LogP contribution is 2.24. The van der Waals surface area contributed by atoms with E-state index < -0.39 is 6.04 Å². The van der Waals surface area contributed by atoms with Crippen LogP contribution in [-0.2, 0) is 16.0 Å². The van der Waals surface area contributed by atoms with E-state index in [9.17, 15) is 9.59 Å². The average Bonchev–Trinajstić information content (AvgIpc) is 3.10. The SMILES string of the molecule is O=C1NCCN(C(=O)Cc2ccc3[nH]ncc3c2)C1c1ccccc1. The monoisotopic (exact) mass is 334 g/mol. The van der Waals surface area contributed by atoms with Gasteiger partial charge < -0.3 is 10.2 Å². The van der Waals surface area contributed by atoms with Gasteiger partial charge in [0.2, 0.25) is 11.8 Å². The Labute approximate surface area is 144 Å². The third kappa shape index (κ3) is 2.98. The average molecular weight is 334 g/mol. The molecule has 4 rings (SSSR count). The second-order valence-electron chi connectivity index (χ2n) is 6.16. The number of benzene rings is 2. The lowest BCUT2D eigenvalue weighted by Gasteiger charge is -2.35. The van der Waals surface area contributed by atoms with Crippen LogP contribution in [0.15, 0.2) is 54.7 Å². The number of H-pyrrole nitrogens is 1. The Balaban J connectivity index is 1.59. The number of piperazine rings is 1. The van der Waals surface area contributed by atoms with Gasteiger partial charge in [0.05, 0.1) is 18.1 Å². The molecule has 1 aliphatic rings. The van der Waals surface area contributed by atoms with Crippen LogP contribution in [0, 0.1) is 0 Å². The van der Waals surface area contributed by atoms with Crippen LogP contribution in [0.4, 0.5) is 0 Å². The van der Waals surface area contributed by atoms with Crippen molar-refractivity contribution in [2.45, 2.75) is 12.5 Å². The summed E-state index contributed by atoms with van der Waals surface area (Å²) in [7, 11) is 0. The zero-order chi connectivity index (χ0) is 17.2. The van der Waals surface area contributed by atoms with Crippen LogP contribution in [0.3, 0.4) is 0 Å². The van der Waals surface area contributed by atoms with Gasteiger partial charge in [-0.2, -0.15) is 5.10 Å². The van der Waals surface area contributed by atoms with Gasteiger partial charge >= 0.3 is 0 Å². The van der Waals surface area contributed by atoms with Gasteiger partial charge in [0, 0.05) is 18.5 Å². The molecule has 1 atom stereocenters. The van der Waals surface area contributed by atoms with E-state index in [1.807, 2.05) is 48.5 Å². The van der Waals surface area contributed by atoms with Gasteiger partial charge in [0.25, 0.3) is 0 Å². The third-order valence-corrected chi connectivity index (χ3v) is 4.51. The van der Waals surface area contributed by atoms with E-state index in [2.05, 4.69) is 15.5 Å². The standard InChI is InChI=1S/C19H18N4O2/c24-17(11-13-6-7-16-15(10-13)12-21-22-16)23-9-8-20-19(25)18(23)14-4-2-1-3-5-14/h1-7,10,12,18H,8-9,11H2,(H,20,25)(H,21,22). The Morgan fingerprint density at radius 3 is 2.88 bits per heavy atom. The molecule has 6 heteroatoms. The topological polar surface area (TPSA) is 78.1 Å². The normalized spacial score (nSPS) is 17.5. The summed E-state index contributed by atoms with van der Waals surface area (Å²) < 4.78 is 0. The number of hydrogen-bond acceptors (Lipinski definition) is 3. The molecule has 2 N–H and O–H groups in total. The molecule has 0 aliphatic carbocycles. The Morgan fingerprint density at radius 2 is 2.04 bits per heavy atom. The first-order valence-corrected chi connectivity index (χ1v) is 8.26. The molecule has 25 heavy (non-hydrogen) atoms. The van der Waals surface area contributed by atoms with Crippen molar-refractivity contribution < 1.29 is 9.59 Å². The quantitative estimate of drug-likeness (QED) is 0.767. The number of aromatic amines is 1. The Hall–Kier alpha value is -3.15. The fourth-order valence-corrected chi connectivity index (χ4v) is 3.28. The summed E-state index contributed by atoms with van der Waals surface area (Å²) in [6.07, 6.45) is 2.00. The molecule has 0 saturated carbocycles. The minimum atomic E-state index is -0.569. The zero-order valence-electron chi connectivity index (χ0n) is 13.6. The van der Waals surface area contributed by atoms with E-state index in [4.69, 9.17) is 0 Å². The summed E-state index contributed by atoms with van der Waals surface area (Å²) >= 11 is 0. The van der Waals surface area contributed by atoms with Crippen molar-refractivity contribution in [3.8, 4) is 0 Å². The number of aromatic nitrogens is 2. The van der Waals surface area contributed by atoms with Gasteiger partial charge in [-0.25, -0.2) is 0 Å². The van der Waals surface area contributed by atoms with Gasteiger partial charge in [0.15, 0.2) is 0 Å². The summed E-state index contributed by atoms with van der Waals surface area (Å²) in [6.45, 7) is 0.993. The molecule has 1 unspecified atom stereocenters. The molecule has 2 amide bonds. The molecule has 1 aromatic heterocycles. The van der Waals surface area contributed by atoms with E-state index in [0.717, 1.165) is 22.0 Å². The maximum absolute atomic E-state index is 12.9. The molecule has 1 fully saturated rings. The highest BCUT2D eigenvalue weighted by atomic mass is 16.2. The highest BCUT2D eigenvalue weighted by molar-refractivity contribution is 5.91. The fraction of sp³-hybridized carbons (Fsp3) is 0.211. The number of rotatable bonds is 3. The maximum Gasteiger partial charge on any atom is 0.247 e. The van der Waals surface area contributed by atoms with Crippen molar-refractivity contribution in [1.82, 2.24) is 20.4 Å². The van der Waals surface area contributed by atoms with Crippen molar-refractivity contribution in [1.29, 1.82) is 0 Å². The molecule has 6 nitrogen and oxygen atoms in total. The minimum absolute atomic E-state index is 0.0495. The van der Waals surface area contributed by atoms with Crippen molar-refractivity contribution in [2.24, 2.45) is 0 Å². The number of carbonyl (C=O) groups is 2. The number of amides is 2. The number of fused-ring (bicyclic) bond motifs is 1. The van der Waals surface area contributed by atoms with Crippen LogP contribution in [0.1, 0.15) is 17.2 Å². The minimum Gasteiger partial charge on any atom is -0.352 e. The van der Waals surface area contributed by atoms with E-state index >= 15 is 0 Å². The lowest BCUT2D eigenvalue weighted by Crippen LogP contribution is -2.52. The Morgan fingerprint density at radius 1 is 1.20 bits per heavy atom. The summed E-state index contributed by atoms with van der Waals surface area (Å²) in [4.78, 5) is 27.0. The molecular formula is C19H18N4O2. The number of hydrogen-bond donors (Lipinski definition) is 2. The van der Waals surface area contributed by atoms with Crippen molar-refractivity contribution in [2.75, 3.05) is 13.1 Å². The number of nitrogens with one attached hydrogen (secondary N) is 2. The zero-order valence-corrected chi connectivity index (χ0v) is 13.6. The van der Waals surface area contributed by atoms with Crippen LogP contribution >= 0.6 is 0 Å². The Kier molecular flexibility index (Phi) is 3.93. The van der Waals surface area contributed by atoms with Crippen molar-refractivity contribution in [3.63, 3.8) is 0 Å². The lowest BCUT2D eigenvalue weighted by atomic mass is 10.0. The van der Waals surface area contributed by atoms with E-state index in [0.29, 0.717) is 13.1 Å². The summed E-state index contributed by atoms with van der Waals surface area (Å²) in [5.41, 5.74) is 2.69. The van der Waals surface area contributed by atoms with Gasteiger partial charge in [-0.1, -0.05) is 36.4 Å². The fourth-order valence-electron chi connectivity index (χ4n) is 3.28. The molecular weight excluding hydrogens is 316 g/mol. The number of nitrogens with zero attached hydrogens (tertiary/aromatic N) is 2. The molecule has 1 aliphatic heterocycles. The maximum atomic E-state index is 12.9. The first-order chi connectivity index (χ1) is 12.2. The smallest absolute Gasteiger partial charge is 0.247 e. The van der Waals surface area contributed by atoms with E-state index in [1.54, 1.807) is 11.1 Å². The summed E-state index contributed by atoms with van der Waals surface area (Å²) in [5.74, 6) is -0.178. The van der Waals surface area contributed by atoms with Gasteiger partial charge in [0.1, 0.15) is 6.04 Å². The molecule has 2 aromatic carbocycles. The van der Waals surface area contributed by atoms with E-state index in [-0.39, 0.29) is 18.2 Å². The molecule has 3 aromatic rings. The molecule has 126 valence electrons. The van der Waals surface area contributed by atoms with Crippen LogP contribution in [-0.4, -0.2) is 40.0 Å². The predicted octanol–water partition coefficient (Wildman–Crippen LogP) is 1.81. The Bertz CT molecular complexity index is 919. The third-order valence-electron chi connectivity index (χ3n) is 4.51. The number of carbonyl (C=O) groups excluding carboxylic acids is 2. The summed E-state index contributed by atoms with van der Waals surface area (Å²) in [5, 5.41) is 10.7. The van der Waals surface area contributed by atoms with Crippen molar-refractivity contribution in [3.05, 3.63) is 65.9 Å². The van der Waals surface area contributed by atoms with Crippen LogP contribution in [0.2, 0.25) is 0 Å². The van der Waals surface area contributed by atoms with Crippen LogP contribution in [0.5, 0.6) is 0 Å². The first-order valence-electron chi connectivity index (χ1n) is 8.26. The van der Waals surface area contributed by atoms with E-state index in [1.165, 1.54) is 0 Å². The second-order valence-corrected chi connectivity index (χ2v) is 6.16. The second kappa shape index (κ2) is 6.39. The summed E-state index contributed by atoms with van der Waals surface area (Å²) in [6, 6.07) is 14.7.